The Morgan fingerprint density at radius 3 is 2.26 bits per heavy atom. The van der Waals surface area contributed by atoms with Gasteiger partial charge in [-0.15, -0.1) is 0 Å². The van der Waals surface area contributed by atoms with Crippen molar-refractivity contribution in [2.75, 3.05) is 6.61 Å². The second-order valence-corrected chi connectivity index (χ2v) is 4.63. The van der Waals surface area contributed by atoms with Gasteiger partial charge < -0.3 is 29.9 Å². The van der Waals surface area contributed by atoms with Crippen LogP contribution in [-0.2, 0) is 4.74 Å². The third-order valence-electron chi connectivity index (χ3n) is 3.12. The molecule has 1 aliphatic rings. The molecule has 5 atom stereocenters. The van der Waals surface area contributed by atoms with E-state index in [-0.39, 0.29) is 0 Å². The molecule has 1 aromatic carbocycles. The molecule has 6 heteroatoms. The predicted octanol–water partition coefficient (Wildman–Crippen LogP) is -0.826. The summed E-state index contributed by atoms with van der Waals surface area (Å²) in [7, 11) is 0. The van der Waals surface area contributed by atoms with Crippen molar-refractivity contribution in [2.45, 2.75) is 37.6 Å². The summed E-state index contributed by atoms with van der Waals surface area (Å²) in [5.41, 5.74) is 1.06. The summed E-state index contributed by atoms with van der Waals surface area (Å²) in [6, 6.07) is 7.08. The van der Waals surface area contributed by atoms with Gasteiger partial charge in [-0.25, -0.2) is 0 Å². The molecule has 1 fully saturated rings. The first-order valence-electron chi connectivity index (χ1n) is 6.07. The highest BCUT2D eigenvalue weighted by molar-refractivity contribution is 5.26. The van der Waals surface area contributed by atoms with Crippen LogP contribution in [-0.4, -0.2) is 57.7 Å². The highest BCUT2D eigenvalue weighted by atomic mass is 16.7. The summed E-state index contributed by atoms with van der Waals surface area (Å²) in [6.45, 7) is 1.45. The lowest BCUT2D eigenvalue weighted by Gasteiger charge is -2.39. The van der Waals surface area contributed by atoms with E-state index in [1.165, 1.54) is 0 Å². The minimum Gasteiger partial charge on any atom is -0.462 e. The lowest BCUT2D eigenvalue weighted by molar-refractivity contribution is -0.277. The van der Waals surface area contributed by atoms with Gasteiger partial charge in [-0.3, -0.25) is 0 Å². The molecule has 0 saturated carbocycles. The van der Waals surface area contributed by atoms with Crippen LogP contribution in [0.5, 0.6) is 5.75 Å². The average Bonchev–Trinajstić information content (AvgIpc) is 2.42. The molecule has 2 rings (SSSR count). The molecule has 0 aliphatic carbocycles. The van der Waals surface area contributed by atoms with E-state index in [4.69, 9.17) is 14.6 Å². The number of hydrogen-bond acceptors (Lipinski definition) is 6. The van der Waals surface area contributed by atoms with Crippen molar-refractivity contribution in [3.8, 4) is 5.75 Å². The molecule has 19 heavy (non-hydrogen) atoms. The van der Waals surface area contributed by atoms with Gasteiger partial charge in [0, 0.05) is 0 Å². The Balaban J connectivity index is 2.08. The van der Waals surface area contributed by atoms with E-state index in [1.807, 2.05) is 19.1 Å². The van der Waals surface area contributed by atoms with E-state index in [9.17, 15) is 15.3 Å². The Bertz CT molecular complexity index is 404. The van der Waals surface area contributed by atoms with Crippen LogP contribution >= 0.6 is 0 Å². The normalized spacial score (nSPS) is 35.1. The lowest BCUT2D eigenvalue weighted by Crippen LogP contribution is -2.60. The topological polar surface area (TPSA) is 99.4 Å². The number of rotatable bonds is 3. The van der Waals surface area contributed by atoms with Crippen molar-refractivity contribution in [1.29, 1.82) is 0 Å². The summed E-state index contributed by atoms with van der Waals surface area (Å²) in [5.74, 6) is 0.468. The molecule has 4 N–H and O–H groups in total. The number of hydrogen-bond donors (Lipinski definition) is 4. The van der Waals surface area contributed by atoms with E-state index >= 15 is 0 Å². The number of aliphatic hydroxyl groups excluding tert-OH is 4. The maximum absolute atomic E-state index is 9.80. The van der Waals surface area contributed by atoms with Crippen molar-refractivity contribution in [2.24, 2.45) is 0 Å². The maximum Gasteiger partial charge on any atom is 0.229 e. The molecule has 1 aliphatic heterocycles. The van der Waals surface area contributed by atoms with Crippen molar-refractivity contribution < 1.29 is 29.9 Å². The lowest BCUT2D eigenvalue weighted by atomic mass is 9.99. The number of aryl methyl sites for hydroxylation is 1. The Hall–Kier alpha value is -1.18. The molecule has 1 aromatic rings. The van der Waals surface area contributed by atoms with Crippen molar-refractivity contribution >= 4 is 0 Å². The zero-order valence-corrected chi connectivity index (χ0v) is 10.5. The number of aliphatic hydroxyl groups is 4. The third-order valence-corrected chi connectivity index (χ3v) is 3.12. The fourth-order valence-corrected chi connectivity index (χ4v) is 1.92. The molecular formula is C13H18O6. The minimum atomic E-state index is -1.43. The van der Waals surface area contributed by atoms with Crippen LogP contribution in [0, 0.1) is 6.92 Å². The van der Waals surface area contributed by atoms with Crippen LogP contribution in [0.1, 0.15) is 5.56 Å². The van der Waals surface area contributed by atoms with E-state index in [1.54, 1.807) is 12.1 Å². The van der Waals surface area contributed by atoms with Gasteiger partial charge in [0.2, 0.25) is 6.29 Å². The van der Waals surface area contributed by atoms with Crippen molar-refractivity contribution in [3.63, 3.8) is 0 Å². The largest absolute Gasteiger partial charge is 0.462 e. The molecule has 6 nitrogen and oxygen atoms in total. The number of benzene rings is 1. The van der Waals surface area contributed by atoms with Gasteiger partial charge in [-0.2, -0.15) is 0 Å². The van der Waals surface area contributed by atoms with Gasteiger partial charge in [0.15, 0.2) is 0 Å². The van der Waals surface area contributed by atoms with E-state index in [0.717, 1.165) is 5.56 Å². The third kappa shape index (κ3) is 3.05. The molecule has 106 valence electrons. The quantitative estimate of drug-likeness (QED) is 0.572. The van der Waals surface area contributed by atoms with Crippen LogP contribution < -0.4 is 4.74 Å². The summed E-state index contributed by atoms with van der Waals surface area (Å²) in [5, 5.41) is 38.1. The Kier molecular flexibility index (Phi) is 4.38. The van der Waals surface area contributed by atoms with Crippen LogP contribution in [0.3, 0.4) is 0 Å². The standard InChI is InChI=1S/C13H18O6/c1-7-2-4-8(5-3-7)18-13-12(17)11(16)10(15)9(6-14)19-13/h2-5,9-17H,6H2,1H3/t9-,10-,11+,12-,13-/m0/s1. The SMILES string of the molecule is Cc1ccc(O[C@H]2O[C@@H](CO)[C@H](O)[C@@H](O)[C@@H]2O)cc1. The van der Waals surface area contributed by atoms with E-state index in [2.05, 4.69) is 0 Å². The van der Waals surface area contributed by atoms with Crippen molar-refractivity contribution in [3.05, 3.63) is 29.8 Å². The Morgan fingerprint density at radius 2 is 1.68 bits per heavy atom. The molecule has 0 unspecified atom stereocenters. The van der Waals surface area contributed by atoms with Crippen LogP contribution in [0.4, 0.5) is 0 Å². The maximum atomic E-state index is 9.80. The summed E-state index contributed by atoms with van der Waals surface area (Å²) < 4.78 is 10.7. The zero-order valence-electron chi connectivity index (χ0n) is 10.5. The second kappa shape index (κ2) is 5.85. The first kappa shape index (κ1) is 14.2. The smallest absolute Gasteiger partial charge is 0.229 e. The molecule has 0 radical (unpaired) electrons. The molecular weight excluding hydrogens is 252 g/mol. The molecule has 1 heterocycles. The monoisotopic (exact) mass is 270 g/mol. The van der Waals surface area contributed by atoms with E-state index < -0.39 is 37.3 Å². The zero-order chi connectivity index (χ0) is 14.0. The molecule has 0 spiro atoms. The highest BCUT2D eigenvalue weighted by Gasteiger charge is 2.44. The van der Waals surface area contributed by atoms with Crippen LogP contribution in [0.25, 0.3) is 0 Å². The van der Waals surface area contributed by atoms with Gasteiger partial charge in [0.1, 0.15) is 30.2 Å². The van der Waals surface area contributed by atoms with E-state index in [0.29, 0.717) is 5.75 Å². The van der Waals surface area contributed by atoms with Crippen LogP contribution in [0.15, 0.2) is 24.3 Å². The Morgan fingerprint density at radius 1 is 1.05 bits per heavy atom. The summed E-state index contributed by atoms with van der Waals surface area (Å²) >= 11 is 0. The predicted molar refractivity (Wildman–Crippen MR) is 65.6 cm³/mol. The summed E-state index contributed by atoms with van der Waals surface area (Å²) in [6.07, 6.45) is -6.30. The molecule has 1 saturated heterocycles. The fourth-order valence-electron chi connectivity index (χ4n) is 1.92. The first-order valence-corrected chi connectivity index (χ1v) is 6.07. The van der Waals surface area contributed by atoms with Gasteiger partial charge in [0.05, 0.1) is 6.61 Å². The highest BCUT2D eigenvalue weighted by Crippen LogP contribution is 2.24. The second-order valence-electron chi connectivity index (χ2n) is 4.63. The van der Waals surface area contributed by atoms with Gasteiger partial charge >= 0.3 is 0 Å². The van der Waals surface area contributed by atoms with Crippen LogP contribution in [0.2, 0.25) is 0 Å². The average molecular weight is 270 g/mol. The number of ether oxygens (including phenoxy) is 2. The fraction of sp³-hybridized carbons (Fsp3) is 0.538. The first-order chi connectivity index (χ1) is 9.02. The Labute approximate surface area is 110 Å². The van der Waals surface area contributed by atoms with Gasteiger partial charge in [0.25, 0.3) is 0 Å². The van der Waals surface area contributed by atoms with Gasteiger partial charge in [-0.05, 0) is 19.1 Å². The molecule has 0 amide bonds. The molecule has 0 bridgehead atoms. The molecule has 0 aromatic heterocycles. The minimum absolute atomic E-state index is 0.468. The van der Waals surface area contributed by atoms with Gasteiger partial charge in [-0.1, -0.05) is 17.7 Å². The van der Waals surface area contributed by atoms with Crippen molar-refractivity contribution in [1.82, 2.24) is 0 Å². The summed E-state index contributed by atoms with van der Waals surface area (Å²) in [4.78, 5) is 0.